The van der Waals surface area contributed by atoms with E-state index >= 15 is 0 Å². The highest BCUT2D eigenvalue weighted by molar-refractivity contribution is 5.99. The van der Waals surface area contributed by atoms with Crippen LogP contribution >= 0.6 is 0 Å². The zero-order valence-electron chi connectivity index (χ0n) is 13.1. The summed E-state index contributed by atoms with van der Waals surface area (Å²) in [5.41, 5.74) is 1.06. The highest BCUT2D eigenvalue weighted by Gasteiger charge is 2.46. The molecule has 0 aromatic carbocycles. The van der Waals surface area contributed by atoms with Crippen LogP contribution in [-0.4, -0.2) is 33.3 Å². The van der Waals surface area contributed by atoms with E-state index in [-0.39, 0.29) is 11.8 Å². The van der Waals surface area contributed by atoms with Gasteiger partial charge in [0.25, 0.3) is 0 Å². The van der Waals surface area contributed by atoms with Gasteiger partial charge in [0.2, 0.25) is 11.8 Å². The first-order valence-corrected chi connectivity index (χ1v) is 7.46. The number of nitrogens with zero attached hydrogens (tertiary/aromatic N) is 2. The van der Waals surface area contributed by atoms with Crippen molar-refractivity contribution in [2.75, 3.05) is 0 Å². The lowest BCUT2D eigenvalue weighted by Crippen LogP contribution is -2.68. The maximum absolute atomic E-state index is 12.8. The van der Waals surface area contributed by atoms with Crippen molar-refractivity contribution in [2.45, 2.75) is 58.7 Å². The molecule has 1 aliphatic heterocycles. The molecule has 1 aliphatic rings. The molecule has 5 heteroatoms. The van der Waals surface area contributed by atoms with Crippen LogP contribution in [0.15, 0.2) is 18.3 Å². The van der Waals surface area contributed by atoms with E-state index in [0.29, 0.717) is 19.4 Å². The Morgan fingerprint density at radius 3 is 2.67 bits per heavy atom. The van der Waals surface area contributed by atoms with Crippen molar-refractivity contribution in [3.63, 3.8) is 0 Å². The Morgan fingerprint density at radius 1 is 1.38 bits per heavy atom. The Morgan fingerprint density at radius 2 is 2.10 bits per heavy atom. The quantitative estimate of drug-likeness (QED) is 0.919. The monoisotopic (exact) mass is 289 g/mol. The fraction of sp³-hybridized carbons (Fsp3) is 0.562. The van der Waals surface area contributed by atoms with Crippen molar-refractivity contribution in [3.05, 3.63) is 29.6 Å². The van der Waals surface area contributed by atoms with E-state index in [1.165, 1.54) is 0 Å². The van der Waals surface area contributed by atoms with E-state index in [1.807, 2.05) is 32.9 Å². The highest BCUT2D eigenvalue weighted by atomic mass is 16.2. The predicted molar refractivity (Wildman–Crippen MR) is 80.4 cm³/mol. The van der Waals surface area contributed by atoms with Gasteiger partial charge in [-0.25, -0.2) is 0 Å². The van der Waals surface area contributed by atoms with Crippen molar-refractivity contribution in [1.82, 2.24) is 15.2 Å². The smallest absolute Gasteiger partial charge is 0.249 e. The zero-order chi connectivity index (χ0) is 15.6. The molecule has 1 saturated heterocycles. The molecule has 2 atom stereocenters. The minimum atomic E-state index is -0.814. The van der Waals surface area contributed by atoms with Crippen LogP contribution < -0.4 is 5.32 Å². The summed E-state index contributed by atoms with van der Waals surface area (Å²) in [5.74, 6) is -0.100. The summed E-state index contributed by atoms with van der Waals surface area (Å²) in [6.45, 7) is 7.97. The van der Waals surface area contributed by atoms with Gasteiger partial charge in [0.1, 0.15) is 11.6 Å². The standard InChI is InChI=1S/C16H23N3O2/c1-5-13-14(20)18-16(4,6-2)15(21)19(13)10-12-11(3)8-7-9-17-12/h7-9,13H,5-6,10H2,1-4H3,(H,18,20). The molecule has 0 saturated carbocycles. The molecule has 1 fully saturated rings. The second kappa shape index (κ2) is 5.84. The lowest BCUT2D eigenvalue weighted by molar-refractivity contribution is -0.155. The summed E-state index contributed by atoms with van der Waals surface area (Å²) in [6.07, 6.45) is 2.89. The minimum absolute atomic E-state index is 0.0264. The summed E-state index contributed by atoms with van der Waals surface area (Å²) in [7, 11) is 0. The summed E-state index contributed by atoms with van der Waals surface area (Å²) in [6, 6.07) is 3.42. The summed E-state index contributed by atoms with van der Waals surface area (Å²) in [5, 5.41) is 2.87. The van der Waals surface area contributed by atoms with Crippen LogP contribution in [0.3, 0.4) is 0 Å². The summed E-state index contributed by atoms with van der Waals surface area (Å²) >= 11 is 0. The van der Waals surface area contributed by atoms with Gasteiger partial charge in [-0.15, -0.1) is 0 Å². The molecule has 2 rings (SSSR count). The molecule has 0 spiro atoms. The molecule has 1 aromatic heterocycles. The second-order valence-corrected chi connectivity index (χ2v) is 5.80. The second-order valence-electron chi connectivity index (χ2n) is 5.80. The van der Waals surface area contributed by atoms with Crippen LogP contribution in [0.25, 0.3) is 0 Å². The third-order valence-corrected chi connectivity index (χ3v) is 4.34. The molecule has 1 N–H and O–H groups in total. The molecular weight excluding hydrogens is 266 g/mol. The Kier molecular flexibility index (Phi) is 4.30. The Labute approximate surface area is 125 Å². The van der Waals surface area contributed by atoms with Gasteiger partial charge in [-0.1, -0.05) is 19.9 Å². The average molecular weight is 289 g/mol. The van der Waals surface area contributed by atoms with Crippen LogP contribution in [0.2, 0.25) is 0 Å². The molecule has 2 unspecified atom stereocenters. The number of amides is 2. The van der Waals surface area contributed by atoms with Gasteiger partial charge in [-0.2, -0.15) is 0 Å². The fourth-order valence-electron chi connectivity index (χ4n) is 2.68. The van der Waals surface area contributed by atoms with Crippen molar-refractivity contribution in [3.8, 4) is 0 Å². The number of carbonyl (C=O) groups excluding carboxylic acids is 2. The average Bonchev–Trinajstić information content (AvgIpc) is 2.47. The molecule has 0 radical (unpaired) electrons. The van der Waals surface area contributed by atoms with Gasteiger partial charge in [-0.05, 0) is 38.3 Å². The zero-order valence-corrected chi connectivity index (χ0v) is 13.1. The van der Waals surface area contributed by atoms with E-state index in [1.54, 1.807) is 18.0 Å². The number of piperazine rings is 1. The van der Waals surface area contributed by atoms with Crippen LogP contribution in [0.5, 0.6) is 0 Å². The molecule has 1 aromatic rings. The molecule has 21 heavy (non-hydrogen) atoms. The lowest BCUT2D eigenvalue weighted by atomic mass is 9.91. The number of hydrogen-bond donors (Lipinski definition) is 1. The fourth-order valence-corrected chi connectivity index (χ4v) is 2.68. The topological polar surface area (TPSA) is 62.3 Å². The normalized spacial score (nSPS) is 25.9. The first-order chi connectivity index (χ1) is 9.92. The maximum atomic E-state index is 12.8. The van der Waals surface area contributed by atoms with Crippen LogP contribution in [0, 0.1) is 6.92 Å². The SMILES string of the molecule is CCC1C(=O)NC(C)(CC)C(=O)N1Cc1ncccc1C. The van der Waals surface area contributed by atoms with Crippen LogP contribution in [-0.2, 0) is 16.1 Å². The Balaban J connectivity index is 2.34. The summed E-state index contributed by atoms with van der Waals surface area (Å²) in [4.78, 5) is 31.1. The van der Waals surface area contributed by atoms with Crippen LogP contribution in [0.4, 0.5) is 0 Å². The molecular formula is C16H23N3O2. The van der Waals surface area contributed by atoms with Gasteiger partial charge in [0.15, 0.2) is 0 Å². The van der Waals surface area contributed by atoms with E-state index in [4.69, 9.17) is 0 Å². The van der Waals surface area contributed by atoms with E-state index < -0.39 is 11.6 Å². The predicted octanol–water partition coefficient (Wildman–Crippen LogP) is 1.80. The van der Waals surface area contributed by atoms with E-state index in [9.17, 15) is 9.59 Å². The number of hydrogen-bond acceptors (Lipinski definition) is 3. The van der Waals surface area contributed by atoms with Gasteiger partial charge in [-0.3, -0.25) is 14.6 Å². The molecule has 0 bridgehead atoms. The lowest BCUT2D eigenvalue weighted by Gasteiger charge is -2.44. The van der Waals surface area contributed by atoms with Crippen molar-refractivity contribution in [2.24, 2.45) is 0 Å². The van der Waals surface area contributed by atoms with Crippen molar-refractivity contribution < 1.29 is 9.59 Å². The third-order valence-electron chi connectivity index (χ3n) is 4.34. The van der Waals surface area contributed by atoms with E-state index in [0.717, 1.165) is 11.3 Å². The minimum Gasteiger partial charge on any atom is -0.340 e. The molecule has 2 amide bonds. The number of rotatable bonds is 4. The van der Waals surface area contributed by atoms with Gasteiger partial charge < -0.3 is 10.2 Å². The maximum Gasteiger partial charge on any atom is 0.249 e. The number of pyridine rings is 1. The van der Waals surface area contributed by atoms with Crippen molar-refractivity contribution in [1.29, 1.82) is 0 Å². The number of aryl methyl sites for hydroxylation is 1. The number of carbonyl (C=O) groups is 2. The van der Waals surface area contributed by atoms with Gasteiger partial charge in [0.05, 0.1) is 12.2 Å². The molecule has 2 heterocycles. The summed E-state index contributed by atoms with van der Waals surface area (Å²) < 4.78 is 0. The third kappa shape index (κ3) is 2.77. The molecule has 5 nitrogen and oxygen atoms in total. The first-order valence-electron chi connectivity index (χ1n) is 7.46. The van der Waals surface area contributed by atoms with Gasteiger partial charge >= 0.3 is 0 Å². The van der Waals surface area contributed by atoms with Crippen LogP contribution in [0.1, 0.15) is 44.9 Å². The molecule has 0 aliphatic carbocycles. The van der Waals surface area contributed by atoms with Gasteiger partial charge in [0, 0.05) is 6.20 Å². The Hall–Kier alpha value is -1.91. The first kappa shape index (κ1) is 15.5. The number of aromatic nitrogens is 1. The highest BCUT2D eigenvalue weighted by Crippen LogP contribution is 2.25. The van der Waals surface area contributed by atoms with E-state index in [2.05, 4.69) is 10.3 Å². The molecule has 114 valence electrons. The van der Waals surface area contributed by atoms with Crippen molar-refractivity contribution >= 4 is 11.8 Å². The largest absolute Gasteiger partial charge is 0.340 e. The number of nitrogens with one attached hydrogen (secondary N) is 1. The Bertz CT molecular complexity index is 558.